The van der Waals surface area contributed by atoms with Crippen molar-refractivity contribution >= 4 is 39.1 Å². The fourth-order valence-electron chi connectivity index (χ4n) is 5.54. The number of nitrogens with one attached hydrogen (secondary N) is 1. The minimum Gasteiger partial charge on any atom is -0.351 e. The van der Waals surface area contributed by atoms with E-state index in [-0.39, 0.29) is 17.9 Å². The lowest BCUT2D eigenvalue weighted by molar-refractivity contribution is -0.127. The van der Waals surface area contributed by atoms with E-state index in [1.54, 1.807) is 16.2 Å². The Labute approximate surface area is 206 Å². The fraction of sp³-hybridized carbons (Fsp3) is 0.500. The highest BCUT2D eigenvalue weighted by molar-refractivity contribution is 7.19. The van der Waals surface area contributed by atoms with Gasteiger partial charge in [0.2, 0.25) is 5.91 Å². The Morgan fingerprint density at radius 3 is 2.50 bits per heavy atom. The van der Waals surface area contributed by atoms with Crippen molar-refractivity contribution in [2.75, 3.05) is 4.90 Å². The summed E-state index contributed by atoms with van der Waals surface area (Å²) in [5.74, 6) is -0.154. The van der Waals surface area contributed by atoms with E-state index in [9.17, 15) is 9.59 Å². The highest BCUT2D eigenvalue weighted by Gasteiger charge is 2.49. The molecule has 2 aliphatic rings. The second-order valence-electron chi connectivity index (χ2n) is 10.3. The van der Waals surface area contributed by atoms with Crippen molar-refractivity contribution in [1.82, 2.24) is 9.88 Å². The number of carbonyl (C=O) groups excluding carboxylic acids is 2. The SMILES string of the molecule is CCc1cc2c(cc3n2C[C@](C)(C(=O)NC2CCCCCC2)N(c2ccc(C)c(C)c2)C3=O)s1. The maximum Gasteiger partial charge on any atom is 0.275 e. The van der Waals surface area contributed by atoms with Gasteiger partial charge in [-0.25, -0.2) is 0 Å². The summed E-state index contributed by atoms with van der Waals surface area (Å²) >= 11 is 1.74. The molecule has 1 saturated carbocycles. The number of fused-ring (bicyclic) bond motifs is 3. The van der Waals surface area contributed by atoms with Gasteiger partial charge in [-0.3, -0.25) is 14.5 Å². The second kappa shape index (κ2) is 8.88. The molecule has 0 bridgehead atoms. The number of aryl methyl sites for hydroxylation is 3. The van der Waals surface area contributed by atoms with Crippen LogP contribution in [0.3, 0.4) is 0 Å². The van der Waals surface area contributed by atoms with Crippen LogP contribution in [0.25, 0.3) is 10.2 Å². The average Bonchev–Trinajstić information content (AvgIpc) is 3.25. The number of benzene rings is 1. The third-order valence-corrected chi connectivity index (χ3v) is 9.01. The summed E-state index contributed by atoms with van der Waals surface area (Å²) in [5.41, 5.74) is 3.80. The summed E-state index contributed by atoms with van der Waals surface area (Å²) in [6, 6.07) is 10.4. The largest absolute Gasteiger partial charge is 0.351 e. The van der Waals surface area contributed by atoms with Gasteiger partial charge in [0, 0.05) is 16.6 Å². The number of carbonyl (C=O) groups is 2. The van der Waals surface area contributed by atoms with Crippen molar-refractivity contribution in [2.45, 2.75) is 90.8 Å². The van der Waals surface area contributed by atoms with Crippen molar-refractivity contribution < 1.29 is 9.59 Å². The number of hydrogen-bond acceptors (Lipinski definition) is 3. The molecular weight excluding hydrogens is 442 g/mol. The maximum absolute atomic E-state index is 14.0. The summed E-state index contributed by atoms with van der Waals surface area (Å²) in [6.45, 7) is 8.66. The minimum atomic E-state index is -1.02. The number of amides is 2. The van der Waals surface area contributed by atoms with E-state index in [4.69, 9.17) is 0 Å². The quantitative estimate of drug-likeness (QED) is 0.459. The highest BCUT2D eigenvalue weighted by atomic mass is 32.1. The zero-order chi connectivity index (χ0) is 24.0. The molecule has 0 radical (unpaired) electrons. The predicted molar refractivity (Wildman–Crippen MR) is 140 cm³/mol. The lowest BCUT2D eigenvalue weighted by Crippen LogP contribution is -2.65. The van der Waals surface area contributed by atoms with Gasteiger partial charge in [0.25, 0.3) is 5.91 Å². The van der Waals surface area contributed by atoms with Crippen LogP contribution >= 0.6 is 11.3 Å². The number of thiophene rings is 1. The molecule has 1 aromatic carbocycles. The zero-order valence-corrected chi connectivity index (χ0v) is 21.6. The number of hydrogen-bond donors (Lipinski definition) is 1. The molecule has 1 aliphatic heterocycles. The van der Waals surface area contributed by atoms with E-state index in [1.165, 1.54) is 23.3 Å². The molecule has 3 heterocycles. The molecule has 5 rings (SSSR count). The summed E-state index contributed by atoms with van der Waals surface area (Å²) in [4.78, 5) is 31.1. The lowest BCUT2D eigenvalue weighted by Gasteiger charge is -2.44. The van der Waals surface area contributed by atoms with E-state index in [0.29, 0.717) is 12.2 Å². The summed E-state index contributed by atoms with van der Waals surface area (Å²) in [7, 11) is 0. The van der Waals surface area contributed by atoms with Crippen molar-refractivity contribution in [1.29, 1.82) is 0 Å². The monoisotopic (exact) mass is 477 g/mol. The molecule has 1 atom stereocenters. The number of aromatic nitrogens is 1. The van der Waals surface area contributed by atoms with Gasteiger partial charge in [0.1, 0.15) is 11.2 Å². The van der Waals surface area contributed by atoms with E-state index in [2.05, 4.69) is 36.7 Å². The Hall–Kier alpha value is -2.60. The molecule has 1 N–H and O–H groups in total. The van der Waals surface area contributed by atoms with Gasteiger partial charge in [-0.05, 0) is 75.4 Å². The third-order valence-electron chi connectivity index (χ3n) is 7.80. The molecule has 1 aliphatic carbocycles. The minimum absolute atomic E-state index is 0.0515. The van der Waals surface area contributed by atoms with Crippen LogP contribution in [0.1, 0.15) is 78.9 Å². The van der Waals surface area contributed by atoms with E-state index >= 15 is 0 Å². The fourth-order valence-corrected chi connectivity index (χ4v) is 6.58. The second-order valence-corrected chi connectivity index (χ2v) is 11.4. The predicted octanol–water partition coefficient (Wildman–Crippen LogP) is 6.14. The van der Waals surface area contributed by atoms with Crippen LogP contribution in [0.15, 0.2) is 30.3 Å². The molecular formula is C28H35N3O2S. The van der Waals surface area contributed by atoms with Crippen molar-refractivity contribution in [3.8, 4) is 0 Å². The van der Waals surface area contributed by atoms with Gasteiger partial charge in [-0.15, -0.1) is 11.3 Å². The average molecular weight is 478 g/mol. The molecule has 34 heavy (non-hydrogen) atoms. The molecule has 2 amide bonds. The summed E-state index contributed by atoms with van der Waals surface area (Å²) < 4.78 is 3.20. The van der Waals surface area contributed by atoms with Crippen molar-refractivity contribution in [2.24, 2.45) is 0 Å². The highest BCUT2D eigenvalue weighted by Crippen LogP contribution is 2.39. The Kier molecular flexibility index (Phi) is 6.05. The van der Waals surface area contributed by atoms with Gasteiger partial charge in [-0.2, -0.15) is 0 Å². The molecule has 2 aromatic heterocycles. The molecule has 1 fully saturated rings. The molecule has 0 unspecified atom stereocenters. The Morgan fingerprint density at radius 1 is 1.09 bits per heavy atom. The van der Waals surface area contributed by atoms with Crippen LogP contribution in [0.5, 0.6) is 0 Å². The zero-order valence-electron chi connectivity index (χ0n) is 20.7. The van der Waals surface area contributed by atoms with Gasteiger partial charge in [-0.1, -0.05) is 38.7 Å². The van der Waals surface area contributed by atoms with Gasteiger partial charge in [0.15, 0.2) is 0 Å². The van der Waals surface area contributed by atoms with E-state index in [0.717, 1.165) is 53.6 Å². The van der Waals surface area contributed by atoms with Crippen LogP contribution in [0.4, 0.5) is 5.69 Å². The smallest absolute Gasteiger partial charge is 0.275 e. The van der Waals surface area contributed by atoms with Crippen LogP contribution in [0, 0.1) is 13.8 Å². The third kappa shape index (κ3) is 3.86. The number of nitrogens with zero attached hydrogens (tertiary/aromatic N) is 2. The van der Waals surface area contributed by atoms with Gasteiger partial charge in [0.05, 0.1) is 16.8 Å². The van der Waals surface area contributed by atoms with Crippen LogP contribution in [0.2, 0.25) is 0 Å². The number of anilines is 1. The lowest BCUT2D eigenvalue weighted by atomic mass is 9.92. The van der Waals surface area contributed by atoms with Gasteiger partial charge >= 0.3 is 0 Å². The number of rotatable bonds is 4. The Morgan fingerprint density at radius 2 is 1.82 bits per heavy atom. The van der Waals surface area contributed by atoms with Gasteiger partial charge < -0.3 is 9.88 Å². The molecule has 0 saturated heterocycles. The van der Waals surface area contributed by atoms with Crippen LogP contribution in [-0.4, -0.2) is 28.0 Å². The molecule has 6 heteroatoms. The first kappa shape index (κ1) is 23.2. The molecule has 3 aromatic rings. The first-order chi connectivity index (χ1) is 16.3. The Bertz CT molecular complexity index is 1250. The topological polar surface area (TPSA) is 54.3 Å². The summed E-state index contributed by atoms with van der Waals surface area (Å²) in [6.07, 6.45) is 7.78. The molecule has 0 spiro atoms. The van der Waals surface area contributed by atoms with Crippen LogP contribution < -0.4 is 10.2 Å². The van der Waals surface area contributed by atoms with E-state index in [1.807, 2.05) is 31.2 Å². The van der Waals surface area contributed by atoms with E-state index < -0.39 is 5.54 Å². The van der Waals surface area contributed by atoms with Crippen molar-refractivity contribution in [3.63, 3.8) is 0 Å². The maximum atomic E-state index is 14.0. The molecule has 180 valence electrons. The Balaban J connectivity index is 1.60. The normalized spacial score (nSPS) is 21.5. The first-order valence-corrected chi connectivity index (χ1v) is 13.5. The standard InChI is InChI=1S/C28H35N3O2S/c1-5-22-15-23-25(34-22)16-24-26(32)31(21-13-12-18(2)19(3)14-21)28(4,17-30(23)24)27(33)29-20-10-8-6-7-9-11-20/h12-16,20H,5-11,17H2,1-4H3,(H,29,33)/t28-/m1/s1. The van der Waals surface area contributed by atoms with Crippen molar-refractivity contribution in [3.05, 3.63) is 52.0 Å². The first-order valence-electron chi connectivity index (χ1n) is 12.7. The summed E-state index contributed by atoms with van der Waals surface area (Å²) in [5, 5.41) is 3.36. The van der Waals surface area contributed by atoms with Crippen LogP contribution in [-0.2, 0) is 17.8 Å². The molecule has 5 nitrogen and oxygen atoms in total.